The van der Waals surface area contributed by atoms with E-state index in [4.69, 9.17) is 10.5 Å². The Bertz CT molecular complexity index is 951. The number of ether oxygens (including phenoxy) is 1. The lowest BCUT2D eigenvalue weighted by atomic mass is 9.94. The Morgan fingerprint density at radius 1 is 1.15 bits per heavy atom. The maximum atomic E-state index is 13.0. The predicted molar refractivity (Wildman–Crippen MR) is 104 cm³/mol. The molecule has 2 atom stereocenters. The minimum absolute atomic E-state index is 0.202. The lowest BCUT2D eigenvalue weighted by Gasteiger charge is -2.29. The molecule has 140 valence electrons. The lowest BCUT2D eigenvalue weighted by Crippen LogP contribution is -2.50. The van der Waals surface area contributed by atoms with E-state index in [2.05, 4.69) is 10.3 Å². The van der Waals surface area contributed by atoms with Crippen LogP contribution in [0, 0.1) is 0 Å². The van der Waals surface area contributed by atoms with Crippen LogP contribution in [0.1, 0.15) is 31.0 Å². The van der Waals surface area contributed by atoms with Gasteiger partial charge in [-0.3, -0.25) is 4.79 Å². The molecule has 0 saturated carbocycles. The van der Waals surface area contributed by atoms with Gasteiger partial charge in [0, 0.05) is 23.5 Å². The molecule has 0 aliphatic rings. The Balaban J connectivity index is 1.85. The number of nitrogens with one attached hydrogen (secondary N) is 2. The van der Waals surface area contributed by atoms with Crippen LogP contribution >= 0.6 is 0 Å². The van der Waals surface area contributed by atoms with Crippen molar-refractivity contribution in [2.24, 2.45) is 5.73 Å². The molecule has 4 N–H and O–H groups in total. The van der Waals surface area contributed by atoms with E-state index in [1.165, 1.54) is 0 Å². The van der Waals surface area contributed by atoms with Gasteiger partial charge in [0.05, 0.1) is 6.04 Å². The van der Waals surface area contributed by atoms with Crippen LogP contribution in [0.15, 0.2) is 60.8 Å². The summed E-state index contributed by atoms with van der Waals surface area (Å²) in [5, 5.41) is 3.89. The number of carbonyl (C=O) groups excluding carboxylic acids is 2. The van der Waals surface area contributed by atoms with E-state index in [-0.39, 0.29) is 12.5 Å². The fraction of sp³-hybridized carbons (Fsp3) is 0.238. The first-order chi connectivity index (χ1) is 12.9. The van der Waals surface area contributed by atoms with Crippen molar-refractivity contribution >= 4 is 22.9 Å². The number of fused-ring (bicyclic) bond motifs is 1. The maximum absolute atomic E-state index is 13.0. The fourth-order valence-electron chi connectivity index (χ4n) is 3.20. The number of amides is 2. The summed E-state index contributed by atoms with van der Waals surface area (Å²) >= 11 is 0. The summed E-state index contributed by atoms with van der Waals surface area (Å²) in [6.45, 7) is 3.45. The van der Waals surface area contributed by atoms with Gasteiger partial charge < -0.3 is 20.8 Å². The maximum Gasteiger partial charge on any atom is 0.405 e. The standard InChI is InChI=1S/C21H23N3O3/c1-14(15-8-4-3-5-9-15)24-19(25)21(2,27-20(22)26)12-16-13-23-18-11-7-6-10-17(16)18/h3-11,13-14,23H,12H2,1-2H3,(H2,22,26)(H,24,25). The van der Waals surface area contributed by atoms with E-state index >= 15 is 0 Å². The Labute approximate surface area is 157 Å². The van der Waals surface area contributed by atoms with Gasteiger partial charge >= 0.3 is 6.09 Å². The van der Waals surface area contributed by atoms with Crippen LogP contribution in [0.25, 0.3) is 10.9 Å². The number of rotatable bonds is 6. The molecule has 0 aliphatic carbocycles. The van der Waals surface area contributed by atoms with Crippen LogP contribution in [0.4, 0.5) is 4.79 Å². The Kier molecular flexibility index (Phi) is 5.16. The number of para-hydroxylation sites is 1. The zero-order chi connectivity index (χ0) is 19.4. The third kappa shape index (κ3) is 4.11. The first kappa shape index (κ1) is 18.5. The average Bonchev–Trinajstić information content (AvgIpc) is 3.04. The fourth-order valence-corrected chi connectivity index (χ4v) is 3.20. The Hall–Kier alpha value is -3.28. The highest BCUT2D eigenvalue weighted by atomic mass is 16.6. The van der Waals surface area contributed by atoms with Crippen LogP contribution in [-0.2, 0) is 16.0 Å². The van der Waals surface area contributed by atoms with Crippen LogP contribution in [0.2, 0.25) is 0 Å². The molecule has 2 amide bonds. The van der Waals surface area contributed by atoms with E-state index in [1.807, 2.05) is 67.7 Å². The van der Waals surface area contributed by atoms with Gasteiger partial charge in [-0.15, -0.1) is 0 Å². The quantitative estimate of drug-likeness (QED) is 0.624. The zero-order valence-electron chi connectivity index (χ0n) is 15.4. The van der Waals surface area contributed by atoms with Crippen molar-refractivity contribution in [1.29, 1.82) is 0 Å². The van der Waals surface area contributed by atoms with Crippen molar-refractivity contribution in [1.82, 2.24) is 10.3 Å². The second-order valence-corrected chi connectivity index (χ2v) is 6.79. The number of hydrogen-bond acceptors (Lipinski definition) is 3. The van der Waals surface area contributed by atoms with E-state index in [0.717, 1.165) is 22.0 Å². The number of aromatic nitrogens is 1. The van der Waals surface area contributed by atoms with Gasteiger partial charge in [-0.05, 0) is 31.0 Å². The smallest absolute Gasteiger partial charge is 0.405 e. The normalized spacial score (nSPS) is 14.3. The molecule has 3 aromatic rings. The number of hydrogen-bond donors (Lipinski definition) is 3. The molecular weight excluding hydrogens is 342 g/mol. The first-order valence-electron chi connectivity index (χ1n) is 8.78. The molecule has 2 aromatic carbocycles. The second-order valence-electron chi connectivity index (χ2n) is 6.79. The molecule has 0 bridgehead atoms. The van der Waals surface area contributed by atoms with Gasteiger partial charge in [0.2, 0.25) is 0 Å². The molecule has 0 aliphatic heterocycles. The summed E-state index contributed by atoms with van der Waals surface area (Å²) in [5.41, 5.74) is 6.60. The van der Waals surface area contributed by atoms with Gasteiger partial charge in [0.1, 0.15) is 0 Å². The predicted octanol–water partition coefficient (Wildman–Crippen LogP) is 3.44. The molecule has 27 heavy (non-hydrogen) atoms. The van der Waals surface area contributed by atoms with Crippen LogP contribution in [-0.4, -0.2) is 22.6 Å². The molecular formula is C21H23N3O3. The SMILES string of the molecule is CC(NC(=O)C(C)(Cc1c[nH]c2ccccc12)OC(N)=O)c1ccccc1. The third-order valence-electron chi connectivity index (χ3n) is 4.66. The number of primary amides is 1. The highest BCUT2D eigenvalue weighted by Gasteiger charge is 2.38. The van der Waals surface area contributed by atoms with Gasteiger partial charge in [-0.1, -0.05) is 48.5 Å². The number of aromatic amines is 1. The molecule has 6 nitrogen and oxygen atoms in total. The van der Waals surface area contributed by atoms with E-state index < -0.39 is 17.6 Å². The average molecular weight is 365 g/mol. The monoisotopic (exact) mass is 365 g/mol. The van der Waals surface area contributed by atoms with Crippen molar-refractivity contribution in [3.05, 3.63) is 71.9 Å². The Morgan fingerprint density at radius 2 is 1.81 bits per heavy atom. The topological polar surface area (TPSA) is 97.2 Å². The van der Waals surface area contributed by atoms with Gasteiger partial charge in [0.15, 0.2) is 5.60 Å². The third-order valence-corrected chi connectivity index (χ3v) is 4.66. The van der Waals surface area contributed by atoms with Crippen LogP contribution in [0.5, 0.6) is 0 Å². The molecule has 3 rings (SSSR count). The van der Waals surface area contributed by atoms with Crippen molar-refractivity contribution in [2.45, 2.75) is 31.9 Å². The summed E-state index contributed by atoms with van der Waals surface area (Å²) in [7, 11) is 0. The highest BCUT2D eigenvalue weighted by Crippen LogP contribution is 2.26. The molecule has 0 saturated heterocycles. The second kappa shape index (κ2) is 7.53. The summed E-state index contributed by atoms with van der Waals surface area (Å²) in [4.78, 5) is 27.6. The van der Waals surface area contributed by atoms with Crippen molar-refractivity contribution in [3.63, 3.8) is 0 Å². The first-order valence-corrected chi connectivity index (χ1v) is 8.78. The van der Waals surface area contributed by atoms with Crippen LogP contribution in [0.3, 0.4) is 0 Å². The molecule has 0 radical (unpaired) electrons. The van der Waals surface area contributed by atoms with Crippen molar-refractivity contribution < 1.29 is 14.3 Å². The molecule has 6 heteroatoms. The van der Waals surface area contributed by atoms with E-state index in [9.17, 15) is 9.59 Å². The summed E-state index contributed by atoms with van der Waals surface area (Å²) in [6.07, 6.45) is 1.04. The van der Waals surface area contributed by atoms with Crippen molar-refractivity contribution in [2.75, 3.05) is 0 Å². The highest BCUT2D eigenvalue weighted by molar-refractivity contribution is 5.89. The van der Waals surface area contributed by atoms with E-state index in [1.54, 1.807) is 6.92 Å². The summed E-state index contributed by atoms with van der Waals surface area (Å²) in [6, 6.07) is 17.1. The van der Waals surface area contributed by atoms with E-state index in [0.29, 0.717) is 0 Å². The van der Waals surface area contributed by atoms with Gasteiger partial charge in [0.25, 0.3) is 5.91 Å². The molecule has 0 fully saturated rings. The molecule has 0 spiro atoms. The van der Waals surface area contributed by atoms with Crippen molar-refractivity contribution in [3.8, 4) is 0 Å². The Morgan fingerprint density at radius 3 is 2.52 bits per heavy atom. The van der Waals surface area contributed by atoms with Gasteiger partial charge in [-0.2, -0.15) is 0 Å². The largest absolute Gasteiger partial charge is 0.433 e. The number of carbonyl (C=O) groups is 2. The van der Waals surface area contributed by atoms with Gasteiger partial charge in [-0.25, -0.2) is 4.79 Å². The molecule has 1 heterocycles. The lowest BCUT2D eigenvalue weighted by molar-refractivity contribution is -0.138. The zero-order valence-corrected chi connectivity index (χ0v) is 15.4. The summed E-state index contributed by atoms with van der Waals surface area (Å²) < 4.78 is 5.27. The number of H-pyrrole nitrogens is 1. The number of benzene rings is 2. The molecule has 1 aromatic heterocycles. The summed E-state index contributed by atoms with van der Waals surface area (Å²) in [5.74, 6) is -0.400. The minimum atomic E-state index is -1.43. The number of nitrogens with two attached hydrogens (primary N) is 1. The molecule has 2 unspecified atom stereocenters. The van der Waals surface area contributed by atoms with Crippen LogP contribution < -0.4 is 11.1 Å². The minimum Gasteiger partial charge on any atom is -0.433 e.